The summed E-state index contributed by atoms with van der Waals surface area (Å²) in [4.78, 5) is 0. The molecule has 0 aliphatic carbocycles. The number of fused-ring (bicyclic) bond motifs is 1. The molecule has 0 aliphatic rings. The Labute approximate surface area is 138 Å². The summed E-state index contributed by atoms with van der Waals surface area (Å²) < 4.78 is 0. The summed E-state index contributed by atoms with van der Waals surface area (Å²) in [5, 5.41) is 8.28. The maximum absolute atomic E-state index is 4.09. The predicted octanol–water partition coefficient (Wildman–Crippen LogP) is 5.94. The van der Waals surface area contributed by atoms with Gasteiger partial charge in [0.1, 0.15) is 0 Å². The highest BCUT2D eigenvalue weighted by atomic mass is 15.1. The Kier molecular flexibility index (Phi) is 4.61. The lowest BCUT2D eigenvalue weighted by Gasteiger charge is -2.20. The van der Waals surface area contributed by atoms with E-state index >= 15 is 0 Å². The van der Waals surface area contributed by atoms with Crippen molar-refractivity contribution in [3.63, 3.8) is 0 Å². The van der Waals surface area contributed by atoms with Crippen LogP contribution in [0.5, 0.6) is 0 Å². The SMILES string of the molecule is C/C=C\C[C@@H](c1ccc(-c2ccc3cn[nH]c3c2)cc1)C(C)C. The molecule has 1 heterocycles. The van der Waals surface area contributed by atoms with Crippen LogP contribution in [0.4, 0.5) is 0 Å². The van der Waals surface area contributed by atoms with Gasteiger partial charge in [0, 0.05) is 5.39 Å². The Bertz CT molecular complexity index is 794. The molecule has 1 N–H and O–H groups in total. The van der Waals surface area contributed by atoms with Crippen LogP contribution in [0.15, 0.2) is 60.8 Å². The van der Waals surface area contributed by atoms with Gasteiger partial charge in [-0.25, -0.2) is 0 Å². The van der Waals surface area contributed by atoms with Gasteiger partial charge in [-0.2, -0.15) is 5.10 Å². The third-order valence-corrected chi connectivity index (χ3v) is 4.54. The zero-order valence-corrected chi connectivity index (χ0v) is 14.1. The van der Waals surface area contributed by atoms with Gasteiger partial charge < -0.3 is 0 Å². The first kappa shape index (κ1) is 15.5. The monoisotopic (exact) mass is 304 g/mol. The molecule has 0 bridgehead atoms. The van der Waals surface area contributed by atoms with E-state index in [1.165, 1.54) is 16.7 Å². The molecule has 0 radical (unpaired) electrons. The average Bonchev–Trinajstić information content (AvgIpc) is 3.03. The lowest BCUT2D eigenvalue weighted by Crippen LogP contribution is -2.05. The summed E-state index contributed by atoms with van der Waals surface area (Å²) in [6, 6.07) is 15.5. The van der Waals surface area contributed by atoms with Crippen molar-refractivity contribution >= 4 is 10.9 Å². The van der Waals surface area contributed by atoms with Crippen molar-refractivity contribution in [2.24, 2.45) is 5.92 Å². The Morgan fingerprint density at radius 2 is 1.78 bits per heavy atom. The largest absolute Gasteiger partial charge is 0.278 e. The third kappa shape index (κ3) is 3.37. The smallest absolute Gasteiger partial charge is 0.0656 e. The Morgan fingerprint density at radius 3 is 2.48 bits per heavy atom. The number of H-pyrrole nitrogens is 1. The fourth-order valence-corrected chi connectivity index (χ4v) is 3.12. The number of nitrogens with zero attached hydrogens (tertiary/aromatic N) is 1. The molecule has 3 aromatic rings. The fourth-order valence-electron chi connectivity index (χ4n) is 3.12. The van der Waals surface area contributed by atoms with Gasteiger partial charge in [-0.3, -0.25) is 5.10 Å². The second kappa shape index (κ2) is 6.82. The van der Waals surface area contributed by atoms with Crippen molar-refractivity contribution in [1.82, 2.24) is 10.2 Å². The van der Waals surface area contributed by atoms with Crippen LogP contribution >= 0.6 is 0 Å². The van der Waals surface area contributed by atoms with Crippen molar-refractivity contribution in [1.29, 1.82) is 0 Å². The van der Waals surface area contributed by atoms with Crippen LogP contribution in [0.1, 0.15) is 38.7 Å². The number of hydrogen-bond donors (Lipinski definition) is 1. The molecular formula is C21H24N2. The van der Waals surface area contributed by atoms with E-state index < -0.39 is 0 Å². The molecule has 1 aromatic heterocycles. The highest BCUT2D eigenvalue weighted by molar-refractivity contribution is 5.83. The van der Waals surface area contributed by atoms with Gasteiger partial charge >= 0.3 is 0 Å². The highest BCUT2D eigenvalue weighted by Gasteiger charge is 2.14. The standard InChI is InChI=1S/C21H24N2/c1-4-5-6-20(15(2)3)17-9-7-16(8-10-17)18-11-12-19-14-22-23-21(19)13-18/h4-5,7-15,20H,6H2,1-3H3,(H,22,23)/b5-4-/t20-/m1/s1. The lowest BCUT2D eigenvalue weighted by atomic mass is 9.85. The van der Waals surface area contributed by atoms with Crippen molar-refractivity contribution < 1.29 is 0 Å². The topological polar surface area (TPSA) is 28.7 Å². The third-order valence-electron chi connectivity index (χ3n) is 4.54. The summed E-state index contributed by atoms with van der Waals surface area (Å²) in [5.74, 6) is 1.22. The molecule has 0 saturated carbocycles. The van der Waals surface area contributed by atoms with Crippen LogP contribution in [0.3, 0.4) is 0 Å². The van der Waals surface area contributed by atoms with Crippen LogP contribution in [0.25, 0.3) is 22.0 Å². The van der Waals surface area contributed by atoms with Gasteiger partial charge in [0.25, 0.3) is 0 Å². The molecule has 0 unspecified atom stereocenters. The zero-order valence-electron chi connectivity index (χ0n) is 14.1. The van der Waals surface area contributed by atoms with Crippen molar-refractivity contribution in [3.8, 4) is 11.1 Å². The molecule has 118 valence electrons. The van der Waals surface area contributed by atoms with Gasteiger partial charge in [-0.1, -0.05) is 62.4 Å². The van der Waals surface area contributed by atoms with E-state index in [1.807, 2.05) is 6.20 Å². The zero-order chi connectivity index (χ0) is 16.2. The van der Waals surface area contributed by atoms with Crippen LogP contribution in [0.2, 0.25) is 0 Å². The van der Waals surface area contributed by atoms with Gasteiger partial charge in [0.15, 0.2) is 0 Å². The molecule has 1 atom stereocenters. The summed E-state index contributed by atoms with van der Waals surface area (Å²) in [6.07, 6.45) is 7.37. The molecule has 2 nitrogen and oxygen atoms in total. The maximum Gasteiger partial charge on any atom is 0.0656 e. The number of aromatic amines is 1. The number of hydrogen-bond acceptors (Lipinski definition) is 1. The van der Waals surface area contributed by atoms with E-state index in [4.69, 9.17) is 0 Å². The maximum atomic E-state index is 4.09. The van der Waals surface area contributed by atoms with Gasteiger partial charge in [-0.15, -0.1) is 0 Å². The number of rotatable bonds is 5. The van der Waals surface area contributed by atoms with Gasteiger partial charge in [0.2, 0.25) is 0 Å². The van der Waals surface area contributed by atoms with Crippen LogP contribution in [-0.4, -0.2) is 10.2 Å². The Morgan fingerprint density at radius 1 is 1.04 bits per heavy atom. The summed E-state index contributed by atoms with van der Waals surface area (Å²) in [7, 11) is 0. The first-order valence-electron chi connectivity index (χ1n) is 8.33. The molecule has 0 fully saturated rings. The molecule has 0 spiro atoms. The molecular weight excluding hydrogens is 280 g/mol. The van der Waals surface area contributed by atoms with E-state index in [9.17, 15) is 0 Å². The Hall–Kier alpha value is -2.35. The molecule has 0 saturated heterocycles. The molecule has 0 amide bonds. The minimum Gasteiger partial charge on any atom is -0.278 e. The quantitative estimate of drug-likeness (QED) is 0.581. The fraction of sp³-hybridized carbons (Fsp3) is 0.286. The van der Waals surface area contributed by atoms with Crippen LogP contribution in [0, 0.1) is 5.92 Å². The van der Waals surface area contributed by atoms with Crippen LogP contribution < -0.4 is 0 Å². The minimum atomic E-state index is 0.579. The van der Waals surface area contributed by atoms with Crippen molar-refractivity contribution in [3.05, 3.63) is 66.4 Å². The van der Waals surface area contributed by atoms with Gasteiger partial charge in [0.05, 0.1) is 11.7 Å². The normalized spacial score (nSPS) is 13.2. The average molecular weight is 304 g/mol. The number of nitrogens with one attached hydrogen (secondary N) is 1. The summed E-state index contributed by atoms with van der Waals surface area (Å²) in [6.45, 7) is 6.69. The summed E-state index contributed by atoms with van der Waals surface area (Å²) in [5.41, 5.74) is 4.98. The van der Waals surface area contributed by atoms with E-state index in [1.54, 1.807) is 0 Å². The first-order valence-corrected chi connectivity index (χ1v) is 8.33. The lowest BCUT2D eigenvalue weighted by molar-refractivity contribution is 0.502. The number of aromatic nitrogens is 2. The predicted molar refractivity (Wildman–Crippen MR) is 98.5 cm³/mol. The van der Waals surface area contributed by atoms with Gasteiger partial charge in [-0.05, 0) is 47.9 Å². The van der Waals surface area contributed by atoms with E-state index in [0.717, 1.165) is 17.3 Å². The second-order valence-corrected chi connectivity index (χ2v) is 6.45. The van der Waals surface area contributed by atoms with E-state index in [2.05, 4.69) is 85.6 Å². The van der Waals surface area contributed by atoms with Crippen molar-refractivity contribution in [2.75, 3.05) is 0 Å². The molecule has 2 heteroatoms. The first-order chi connectivity index (χ1) is 11.2. The van der Waals surface area contributed by atoms with E-state index in [0.29, 0.717) is 11.8 Å². The second-order valence-electron chi connectivity index (χ2n) is 6.45. The molecule has 3 rings (SSSR count). The number of allylic oxidation sites excluding steroid dienone is 2. The highest BCUT2D eigenvalue weighted by Crippen LogP contribution is 2.31. The minimum absolute atomic E-state index is 0.579. The Balaban J connectivity index is 1.88. The molecule has 2 aromatic carbocycles. The number of benzene rings is 2. The molecule has 0 aliphatic heterocycles. The van der Waals surface area contributed by atoms with Crippen molar-refractivity contribution in [2.45, 2.75) is 33.1 Å². The van der Waals surface area contributed by atoms with Crippen LogP contribution in [-0.2, 0) is 0 Å². The molecule has 23 heavy (non-hydrogen) atoms. The summed E-state index contributed by atoms with van der Waals surface area (Å²) >= 11 is 0. The van der Waals surface area contributed by atoms with E-state index in [-0.39, 0.29) is 0 Å².